The van der Waals surface area contributed by atoms with Crippen LogP contribution in [0.2, 0.25) is 0 Å². The minimum Gasteiger partial charge on any atom is -0.491 e. The first-order chi connectivity index (χ1) is 13.8. The molecule has 1 amide bonds. The van der Waals surface area contributed by atoms with Crippen LogP contribution < -0.4 is 20.7 Å². The fourth-order valence-corrected chi connectivity index (χ4v) is 3.58. The van der Waals surface area contributed by atoms with Crippen LogP contribution in [-0.2, 0) is 16.1 Å². The standard InChI is InChI=1S/C18H19F2N5O3S/c1-9(16(21)26)22-10-2-3-11-13(6-10)27-5-4-24-7-14(23-17(11)24)25-12(15(19)20)8-28-18(25)29/h2-3,6-7,9,12,15,22H,4-5,8H2,1H3,(H2,21,26)/t9-,12-/m0/s1. The lowest BCUT2D eigenvalue weighted by Crippen LogP contribution is -2.38. The molecule has 0 spiro atoms. The maximum absolute atomic E-state index is 13.4. The number of imidazole rings is 1. The van der Waals surface area contributed by atoms with Gasteiger partial charge in [-0.15, -0.1) is 0 Å². The van der Waals surface area contributed by atoms with Crippen molar-refractivity contribution >= 4 is 34.8 Å². The lowest BCUT2D eigenvalue weighted by atomic mass is 10.1. The third-order valence-electron chi connectivity index (χ3n) is 4.83. The molecule has 29 heavy (non-hydrogen) atoms. The van der Waals surface area contributed by atoms with Crippen molar-refractivity contribution in [2.24, 2.45) is 5.73 Å². The molecule has 0 bridgehead atoms. The summed E-state index contributed by atoms with van der Waals surface area (Å²) in [5.41, 5.74) is 6.66. The van der Waals surface area contributed by atoms with Crippen LogP contribution in [0.3, 0.4) is 0 Å². The summed E-state index contributed by atoms with van der Waals surface area (Å²) in [5.74, 6) is 0.974. The van der Waals surface area contributed by atoms with Crippen LogP contribution in [0.15, 0.2) is 24.4 Å². The second-order valence-corrected chi connectivity index (χ2v) is 7.14. The number of nitrogens with zero attached hydrogens (tertiary/aromatic N) is 3. The fraction of sp³-hybridized carbons (Fsp3) is 0.389. The summed E-state index contributed by atoms with van der Waals surface area (Å²) in [6, 6.07) is 3.61. The Bertz CT molecular complexity index is 967. The Morgan fingerprint density at radius 3 is 2.93 bits per heavy atom. The topological polar surface area (TPSA) is 94.6 Å². The molecule has 0 saturated carbocycles. The molecule has 0 unspecified atom stereocenters. The number of anilines is 2. The molecule has 2 aromatic rings. The van der Waals surface area contributed by atoms with Gasteiger partial charge in [0.2, 0.25) is 5.91 Å². The number of aromatic nitrogens is 2. The zero-order valence-corrected chi connectivity index (χ0v) is 16.3. The van der Waals surface area contributed by atoms with Crippen LogP contribution in [-0.4, -0.2) is 52.4 Å². The smallest absolute Gasteiger partial charge is 0.265 e. The Morgan fingerprint density at radius 2 is 2.21 bits per heavy atom. The lowest BCUT2D eigenvalue weighted by molar-refractivity contribution is -0.118. The van der Waals surface area contributed by atoms with E-state index in [1.807, 2.05) is 4.57 Å². The van der Waals surface area contributed by atoms with Crippen LogP contribution in [0.5, 0.6) is 5.75 Å². The van der Waals surface area contributed by atoms with Gasteiger partial charge in [-0.25, -0.2) is 13.8 Å². The Balaban J connectivity index is 1.68. The van der Waals surface area contributed by atoms with Crippen molar-refractivity contribution < 1.29 is 23.0 Å². The Labute approximate surface area is 170 Å². The zero-order chi connectivity index (χ0) is 20.7. The number of hydrogen-bond donors (Lipinski definition) is 2. The second-order valence-electron chi connectivity index (χ2n) is 6.79. The molecule has 3 heterocycles. The molecule has 11 heteroatoms. The van der Waals surface area contributed by atoms with Crippen LogP contribution in [0.4, 0.5) is 20.3 Å². The molecule has 2 aliphatic rings. The van der Waals surface area contributed by atoms with Crippen molar-refractivity contribution in [2.45, 2.75) is 32.0 Å². The van der Waals surface area contributed by atoms with Crippen molar-refractivity contribution in [1.82, 2.24) is 9.55 Å². The molecule has 2 aliphatic heterocycles. The van der Waals surface area contributed by atoms with E-state index < -0.39 is 24.4 Å². The van der Waals surface area contributed by atoms with Crippen molar-refractivity contribution in [3.05, 3.63) is 24.4 Å². The van der Waals surface area contributed by atoms with E-state index in [4.69, 9.17) is 27.4 Å². The molecular weight excluding hydrogens is 404 g/mol. The van der Waals surface area contributed by atoms with Crippen LogP contribution in [0.25, 0.3) is 11.4 Å². The lowest BCUT2D eigenvalue weighted by Gasteiger charge is -2.19. The van der Waals surface area contributed by atoms with Gasteiger partial charge >= 0.3 is 0 Å². The van der Waals surface area contributed by atoms with E-state index in [1.54, 1.807) is 31.3 Å². The number of rotatable bonds is 5. The number of carbonyl (C=O) groups excluding carboxylic acids is 1. The van der Waals surface area contributed by atoms with E-state index in [9.17, 15) is 13.6 Å². The molecule has 1 saturated heterocycles. The van der Waals surface area contributed by atoms with Gasteiger partial charge in [-0.2, -0.15) is 0 Å². The molecule has 8 nitrogen and oxygen atoms in total. The molecule has 4 rings (SSSR count). The highest BCUT2D eigenvalue weighted by Gasteiger charge is 2.39. The molecule has 1 aromatic heterocycles. The summed E-state index contributed by atoms with van der Waals surface area (Å²) in [5, 5.41) is 2.99. The Hall–Kier alpha value is -2.95. The third-order valence-corrected chi connectivity index (χ3v) is 5.14. The summed E-state index contributed by atoms with van der Waals surface area (Å²) in [6.07, 6.45) is -0.945. The largest absolute Gasteiger partial charge is 0.491 e. The van der Waals surface area contributed by atoms with Crippen molar-refractivity contribution in [1.29, 1.82) is 0 Å². The highest BCUT2D eigenvalue weighted by molar-refractivity contribution is 7.80. The molecule has 0 aliphatic carbocycles. The SMILES string of the molecule is C[C@H](Nc1ccc2c(c1)OCCn1cc(N3C(=S)OC[C@H]3C(F)F)nc1-2)C(N)=O. The monoisotopic (exact) mass is 423 g/mol. The summed E-state index contributed by atoms with van der Waals surface area (Å²) in [4.78, 5) is 17.1. The molecule has 154 valence electrons. The van der Waals surface area contributed by atoms with Crippen LogP contribution in [0, 0.1) is 0 Å². The van der Waals surface area contributed by atoms with Gasteiger partial charge in [0.15, 0.2) is 5.82 Å². The minimum atomic E-state index is -2.62. The normalized spacial score (nSPS) is 19.1. The highest BCUT2D eigenvalue weighted by Crippen LogP contribution is 2.36. The maximum atomic E-state index is 13.4. The number of benzene rings is 1. The third kappa shape index (κ3) is 3.57. The fourth-order valence-electron chi connectivity index (χ4n) is 3.28. The van der Waals surface area contributed by atoms with Gasteiger partial charge in [0, 0.05) is 18.0 Å². The number of halogens is 2. The molecule has 0 radical (unpaired) electrons. The van der Waals surface area contributed by atoms with Gasteiger partial charge in [0.25, 0.3) is 11.6 Å². The number of alkyl halides is 2. The van der Waals surface area contributed by atoms with E-state index in [0.29, 0.717) is 41.8 Å². The van der Waals surface area contributed by atoms with Gasteiger partial charge in [-0.05, 0) is 31.3 Å². The number of fused-ring (bicyclic) bond motifs is 3. The number of hydrogen-bond acceptors (Lipinski definition) is 6. The number of thiocarbonyl (C=S) groups is 1. The molecule has 2 atom stereocenters. The average Bonchev–Trinajstić information content (AvgIpc) is 3.21. The van der Waals surface area contributed by atoms with Crippen molar-refractivity contribution in [2.75, 3.05) is 23.4 Å². The summed E-state index contributed by atoms with van der Waals surface area (Å²) < 4.78 is 39.5. The van der Waals surface area contributed by atoms with Crippen molar-refractivity contribution in [3.63, 3.8) is 0 Å². The van der Waals surface area contributed by atoms with Crippen molar-refractivity contribution in [3.8, 4) is 17.1 Å². The quantitative estimate of drug-likeness (QED) is 0.710. The van der Waals surface area contributed by atoms with E-state index in [2.05, 4.69) is 10.3 Å². The number of amides is 1. The van der Waals surface area contributed by atoms with Crippen LogP contribution >= 0.6 is 12.2 Å². The minimum absolute atomic E-state index is 0.0139. The molecule has 3 N–H and O–H groups in total. The number of primary amides is 1. The molecule has 1 aromatic carbocycles. The van der Waals surface area contributed by atoms with Gasteiger partial charge < -0.3 is 25.1 Å². The van der Waals surface area contributed by atoms with Gasteiger partial charge in [-0.3, -0.25) is 9.69 Å². The molecular formula is C18H19F2N5O3S. The summed E-state index contributed by atoms with van der Waals surface area (Å²) >= 11 is 5.09. The highest BCUT2D eigenvalue weighted by atomic mass is 32.1. The predicted octanol–water partition coefficient (Wildman–Crippen LogP) is 1.98. The average molecular weight is 423 g/mol. The van der Waals surface area contributed by atoms with E-state index in [-0.39, 0.29) is 11.8 Å². The van der Waals surface area contributed by atoms with Crippen LogP contribution in [0.1, 0.15) is 6.92 Å². The summed E-state index contributed by atoms with van der Waals surface area (Å²) in [7, 11) is 0. The maximum Gasteiger partial charge on any atom is 0.265 e. The van der Waals surface area contributed by atoms with Gasteiger partial charge in [-0.1, -0.05) is 0 Å². The van der Waals surface area contributed by atoms with E-state index in [1.165, 1.54) is 4.90 Å². The zero-order valence-electron chi connectivity index (χ0n) is 15.5. The van der Waals surface area contributed by atoms with E-state index in [0.717, 1.165) is 0 Å². The summed E-state index contributed by atoms with van der Waals surface area (Å²) in [6.45, 7) is 2.34. The predicted molar refractivity (Wildman–Crippen MR) is 106 cm³/mol. The van der Waals surface area contributed by atoms with E-state index >= 15 is 0 Å². The second kappa shape index (κ2) is 7.47. The van der Waals surface area contributed by atoms with Gasteiger partial charge in [0.05, 0.1) is 12.1 Å². The first-order valence-corrected chi connectivity index (χ1v) is 9.40. The number of nitrogens with two attached hydrogens (primary N) is 1. The first kappa shape index (κ1) is 19.4. The number of carbonyl (C=O) groups is 1. The van der Waals surface area contributed by atoms with Gasteiger partial charge in [0.1, 0.15) is 36.9 Å². The molecule has 1 fully saturated rings. The number of nitrogens with one attached hydrogen (secondary N) is 1. The first-order valence-electron chi connectivity index (χ1n) is 8.99. The number of ether oxygens (including phenoxy) is 2. The Morgan fingerprint density at radius 1 is 1.41 bits per heavy atom. The Kier molecular flexibility index (Phi) is 4.99.